The number of morpholine rings is 1. The average Bonchev–Trinajstić information content (AvgIpc) is 2.63. The largest absolute Gasteiger partial charge is 0.375 e. The molecule has 2 heterocycles. The molecule has 1 aromatic carbocycles. The zero-order valence-corrected chi connectivity index (χ0v) is 14.3. The van der Waals surface area contributed by atoms with Gasteiger partial charge in [-0.2, -0.15) is 0 Å². The zero-order chi connectivity index (χ0) is 17.0. The molecule has 2 saturated heterocycles. The first-order valence-corrected chi connectivity index (χ1v) is 8.78. The van der Waals surface area contributed by atoms with Crippen LogP contribution in [0.4, 0.5) is 0 Å². The highest BCUT2D eigenvalue weighted by molar-refractivity contribution is 5.88. The molecule has 3 rings (SSSR count). The van der Waals surface area contributed by atoms with Gasteiger partial charge in [0.2, 0.25) is 5.91 Å². The number of benzene rings is 1. The summed E-state index contributed by atoms with van der Waals surface area (Å²) in [5, 5.41) is 3.25. The second-order valence-electron chi connectivity index (χ2n) is 6.79. The lowest BCUT2D eigenvalue weighted by Gasteiger charge is -2.41. The first-order chi connectivity index (χ1) is 11.6. The van der Waals surface area contributed by atoms with Crippen LogP contribution in [-0.4, -0.2) is 55.5 Å². The molecule has 5 nitrogen and oxygen atoms in total. The van der Waals surface area contributed by atoms with Crippen LogP contribution in [0, 0.1) is 0 Å². The summed E-state index contributed by atoms with van der Waals surface area (Å²) in [6.07, 6.45) is 1.79. The summed E-state index contributed by atoms with van der Waals surface area (Å²) in [6.45, 7) is 5.19. The fraction of sp³-hybridized carbons (Fsp3) is 0.579. The Morgan fingerprint density at radius 3 is 2.54 bits per heavy atom. The number of hydrogen-bond acceptors (Lipinski definition) is 4. The van der Waals surface area contributed by atoms with E-state index >= 15 is 0 Å². The van der Waals surface area contributed by atoms with E-state index in [9.17, 15) is 9.59 Å². The number of piperidine rings is 1. The molecule has 2 aliphatic rings. The first kappa shape index (κ1) is 17.1. The van der Waals surface area contributed by atoms with Crippen LogP contribution in [0.25, 0.3) is 0 Å². The lowest BCUT2D eigenvalue weighted by Crippen LogP contribution is -2.49. The second kappa shape index (κ2) is 7.45. The van der Waals surface area contributed by atoms with Crippen LogP contribution in [0.5, 0.6) is 0 Å². The van der Waals surface area contributed by atoms with Gasteiger partial charge in [-0.05, 0) is 25.3 Å². The van der Waals surface area contributed by atoms with E-state index in [1.165, 1.54) is 0 Å². The van der Waals surface area contributed by atoms with Gasteiger partial charge in [-0.1, -0.05) is 30.3 Å². The molecule has 0 aromatic heterocycles. The smallest absolute Gasteiger partial charge is 0.225 e. The minimum atomic E-state index is -0.444. The van der Waals surface area contributed by atoms with E-state index in [-0.39, 0.29) is 17.8 Å². The summed E-state index contributed by atoms with van der Waals surface area (Å²) in [5.74, 6) is 0.328. The third-order valence-electron chi connectivity index (χ3n) is 5.38. The van der Waals surface area contributed by atoms with Crippen molar-refractivity contribution in [3.63, 3.8) is 0 Å². The van der Waals surface area contributed by atoms with Crippen molar-refractivity contribution in [2.45, 2.75) is 37.7 Å². The van der Waals surface area contributed by atoms with Crippen LogP contribution in [0.3, 0.4) is 0 Å². The lowest BCUT2D eigenvalue weighted by atomic mass is 9.70. The number of nitrogens with zero attached hydrogens (tertiary/aromatic N) is 1. The van der Waals surface area contributed by atoms with Gasteiger partial charge in [-0.25, -0.2) is 0 Å². The van der Waals surface area contributed by atoms with Gasteiger partial charge in [0.1, 0.15) is 5.78 Å². The average molecular weight is 330 g/mol. The van der Waals surface area contributed by atoms with Crippen molar-refractivity contribution in [3.05, 3.63) is 35.9 Å². The Hall–Kier alpha value is -1.72. The number of carbonyl (C=O) groups is 2. The van der Waals surface area contributed by atoms with Crippen molar-refractivity contribution in [3.8, 4) is 0 Å². The van der Waals surface area contributed by atoms with E-state index in [4.69, 9.17) is 4.74 Å². The Labute approximate surface area is 143 Å². The van der Waals surface area contributed by atoms with Crippen molar-refractivity contribution in [2.75, 3.05) is 32.8 Å². The molecule has 1 N–H and O–H groups in total. The van der Waals surface area contributed by atoms with Crippen molar-refractivity contribution in [1.29, 1.82) is 0 Å². The molecular formula is C19H26N2O3. The molecule has 0 saturated carbocycles. The Kier molecular flexibility index (Phi) is 5.31. The number of hydrogen-bond donors (Lipinski definition) is 1. The zero-order valence-electron chi connectivity index (χ0n) is 14.3. The molecule has 2 aliphatic heterocycles. The summed E-state index contributed by atoms with van der Waals surface area (Å²) in [6, 6.07) is 9.98. The van der Waals surface area contributed by atoms with Crippen LogP contribution < -0.4 is 5.32 Å². The summed E-state index contributed by atoms with van der Waals surface area (Å²) in [4.78, 5) is 26.8. The minimum absolute atomic E-state index is 0.0279. The van der Waals surface area contributed by atoms with Gasteiger partial charge in [0.15, 0.2) is 0 Å². The summed E-state index contributed by atoms with van der Waals surface area (Å²) in [5.41, 5.74) is 0.630. The van der Waals surface area contributed by atoms with Crippen LogP contribution in [-0.2, 0) is 19.7 Å². The quantitative estimate of drug-likeness (QED) is 0.909. The standard InChI is InChI=1S/C19H26N2O3/c1-15(22)19(16-5-3-2-4-6-16)7-10-21(11-8-19)18(23)13-17-14-20-9-12-24-17/h2-6,17,20H,7-14H2,1H3/t17-/m0/s1. The van der Waals surface area contributed by atoms with Crippen LogP contribution in [0.15, 0.2) is 30.3 Å². The molecule has 2 fully saturated rings. The predicted octanol–water partition coefficient (Wildman–Crippen LogP) is 1.51. The third kappa shape index (κ3) is 3.52. The molecule has 0 spiro atoms. The third-order valence-corrected chi connectivity index (χ3v) is 5.38. The number of Topliss-reactive ketones (excluding diaryl/α,β-unsaturated/α-hetero) is 1. The maximum Gasteiger partial charge on any atom is 0.225 e. The highest BCUT2D eigenvalue weighted by Crippen LogP contribution is 2.36. The molecule has 1 atom stereocenters. The molecule has 1 aromatic rings. The highest BCUT2D eigenvalue weighted by Gasteiger charge is 2.41. The van der Waals surface area contributed by atoms with E-state index in [1.807, 2.05) is 35.2 Å². The number of nitrogens with one attached hydrogen (secondary N) is 1. The topological polar surface area (TPSA) is 58.6 Å². The molecule has 0 bridgehead atoms. The van der Waals surface area contributed by atoms with Crippen LogP contribution in [0.1, 0.15) is 31.7 Å². The van der Waals surface area contributed by atoms with E-state index in [0.29, 0.717) is 39.0 Å². The first-order valence-electron chi connectivity index (χ1n) is 8.78. The lowest BCUT2D eigenvalue weighted by molar-refractivity contribution is -0.138. The van der Waals surface area contributed by atoms with Crippen molar-refractivity contribution >= 4 is 11.7 Å². The molecular weight excluding hydrogens is 304 g/mol. The van der Waals surface area contributed by atoms with Gasteiger partial charge in [0.05, 0.1) is 24.5 Å². The second-order valence-corrected chi connectivity index (χ2v) is 6.79. The Bertz CT molecular complexity index is 574. The molecule has 5 heteroatoms. The van der Waals surface area contributed by atoms with Crippen molar-refractivity contribution in [1.82, 2.24) is 10.2 Å². The van der Waals surface area contributed by atoms with Crippen molar-refractivity contribution in [2.24, 2.45) is 0 Å². The number of carbonyl (C=O) groups excluding carboxylic acids is 2. The van der Waals surface area contributed by atoms with Gasteiger partial charge in [0.25, 0.3) is 0 Å². The summed E-state index contributed by atoms with van der Waals surface area (Å²) in [7, 11) is 0. The van der Waals surface area contributed by atoms with Gasteiger partial charge < -0.3 is 15.0 Å². The number of ether oxygens (including phenoxy) is 1. The summed E-state index contributed by atoms with van der Waals surface area (Å²) >= 11 is 0. The van der Waals surface area contributed by atoms with Gasteiger partial charge in [-0.3, -0.25) is 9.59 Å². The van der Waals surface area contributed by atoms with E-state index in [2.05, 4.69) is 5.32 Å². The number of rotatable bonds is 4. The van der Waals surface area contributed by atoms with E-state index in [0.717, 1.165) is 18.7 Å². The Balaban J connectivity index is 1.63. The Morgan fingerprint density at radius 2 is 1.96 bits per heavy atom. The SMILES string of the molecule is CC(=O)C1(c2ccccc2)CCN(C(=O)C[C@H]2CNCCO2)CC1. The maximum atomic E-state index is 12.5. The fourth-order valence-electron chi connectivity index (χ4n) is 3.81. The molecule has 24 heavy (non-hydrogen) atoms. The van der Waals surface area contributed by atoms with Crippen LogP contribution in [0.2, 0.25) is 0 Å². The predicted molar refractivity (Wildman–Crippen MR) is 91.8 cm³/mol. The Morgan fingerprint density at radius 1 is 1.25 bits per heavy atom. The van der Waals surface area contributed by atoms with E-state index < -0.39 is 5.41 Å². The molecule has 0 unspecified atom stereocenters. The van der Waals surface area contributed by atoms with Gasteiger partial charge in [0, 0.05) is 26.2 Å². The minimum Gasteiger partial charge on any atom is -0.375 e. The molecule has 130 valence electrons. The molecule has 0 radical (unpaired) electrons. The number of ketones is 1. The monoisotopic (exact) mass is 330 g/mol. The maximum absolute atomic E-state index is 12.5. The molecule has 0 aliphatic carbocycles. The number of likely N-dealkylation sites (tertiary alicyclic amines) is 1. The van der Waals surface area contributed by atoms with Gasteiger partial charge >= 0.3 is 0 Å². The summed E-state index contributed by atoms with van der Waals surface area (Å²) < 4.78 is 5.62. The molecule has 1 amide bonds. The number of amides is 1. The van der Waals surface area contributed by atoms with Gasteiger partial charge in [-0.15, -0.1) is 0 Å². The van der Waals surface area contributed by atoms with Crippen molar-refractivity contribution < 1.29 is 14.3 Å². The highest BCUT2D eigenvalue weighted by atomic mass is 16.5. The fourth-order valence-corrected chi connectivity index (χ4v) is 3.81. The van der Waals surface area contributed by atoms with Crippen LogP contribution >= 0.6 is 0 Å². The normalized spacial score (nSPS) is 23.7. The van der Waals surface area contributed by atoms with E-state index in [1.54, 1.807) is 6.92 Å².